The van der Waals surface area contributed by atoms with Crippen molar-refractivity contribution in [2.75, 3.05) is 6.61 Å². The third-order valence-corrected chi connectivity index (χ3v) is 7.17. The molecular formula is C20H30O3. The third kappa shape index (κ3) is 2.57. The maximum Gasteiger partial charge on any atom is 0.309 e. The maximum absolute atomic E-state index is 12.0. The Morgan fingerprint density at radius 1 is 1.43 bits per heavy atom. The zero-order valence-corrected chi connectivity index (χ0v) is 14.7. The summed E-state index contributed by atoms with van der Waals surface area (Å²) in [5.74, 6) is -0.0120. The van der Waals surface area contributed by atoms with Crippen molar-refractivity contribution in [2.24, 2.45) is 22.7 Å². The lowest BCUT2D eigenvalue weighted by Crippen LogP contribution is -2.53. The highest BCUT2D eigenvalue weighted by Gasteiger charge is 2.57. The standard InChI is InChI=1S/C20H30O3/c1-13-6-7-17-19(3,9-5-10-20(17,4)18(21)22)15(13)12-16-14(2)8-11-23-16/h8,15-17H,1,5-7,9-12H2,2-4H3,(H,21,22)/t15-,16?,17?,19+,20-/m0/s1. The van der Waals surface area contributed by atoms with Gasteiger partial charge in [0.1, 0.15) is 0 Å². The van der Waals surface area contributed by atoms with E-state index in [1.54, 1.807) is 0 Å². The minimum atomic E-state index is -0.618. The average Bonchev–Trinajstić information content (AvgIpc) is 2.88. The number of hydrogen-bond donors (Lipinski definition) is 1. The molecule has 0 aromatic rings. The van der Waals surface area contributed by atoms with Gasteiger partial charge in [0.2, 0.25) is 0 Å². The fourth-order valence-electron chi connectivity index (χ4n) is 5.67. The normalized spacial score (nSPS) is 43.9. The summed E-state index contributed by atoms with van der Waals surface area (Å²) < 4.78 is 5.89. The topological polar surface area (TPSA) is 46.5 Å². The maximum atomic E-state index is 12.0. The van der Waals surface area contributed by atoms with E-state index >= 15 is 0 Å². The summed E-state index contributed by atoms with van der Waals surface area (Å²) in [6.07, 6.45) is 8.16. The fourth-order valence-corrected chi connectivity index (χ4v) is 5.67. The Morgan fingerprint density at radius 3 is 2.78 bits per heavy atom. The van der Waals surface area contributed by atoms with Gasteiger partial charge in [-0.1, -0.05) is 31.6 Å². The van der Waals surface area contributed by atoms with Crippen LogP contribution >= 0.6 is 0 Å². The summed E-state index contributed by atoms with van der Waals surface area (Å²) in [6.45, 7) is 11.5. The highest BCUT2D eigenvalue weighted by molar-refractivity contribution is 5.75. The molecule has 2 unspecified atom stereocenters. The number of rotatable bonds is 3. The van der Waals surface area contributed by atoms with Crippen molar-refractivity contribution in [3.05, 3.63) is 23.8 Å². The number of allylic oxidation sites excluding steroid dienone is 1. The van der Waals surface area contributed by atoms with Gasteiger partial charge in [-0.15, -0.1) is 0 Å². The Morgan fingerprint density at radius 2 is 2.17 bits per heavy atom. The predicted molar refractivity (Wildman–Crippen MR) is 91.2 cm³/mol. The number of carboxylic acids is 1. The van der Waals surface area contributed by atoms with E-state index < -0.39 is 11.4 Å². The molecular weight excluding hydrogens is 288 g/mol. The molecule has 1 heterocycles. The van der Waals surface area contributed by atoms with E-state index in [0.717, 1.165) is 38.5 Å². The molecule has 3 aliphatic rings. The van der Waals surface area contributed by atoms with Crippen molar-refractivity contribution in [2.45, 2.75) is 65.4 Å². The number of carbonyl (C=O) groups is 1. The number of hydrogen-bond acceptors (Lipinski definition) is 2. The van der Waals surface area contributed by atoms with Gasteiger partial charge in [-0.25, -0.2) is 0 Å². The van der Waals surface area contributed by atoms with Gasteiger partial charge in [0.25, 0.3) is 0 Å². The second-order valence-corrected chi connectivity index (χ2v) is 8.39. The number of fused-ring (bicyclic) bond motifs is 1. The summed E-state index contributed by atoms with van der Waals surface area (Å²) in [5, 5.41) is 9.87. The highest BCUT2D eigenvalue weighted by Crippen LogP contribution is 2.62. The third-order valence-electron chi connectivity index (χ3n) is 7.17. The first-order valence-electron chi connectivity index (χ1n) is 8.98. The van der Waals surface area contributed by atoms with Crippen molar-refractivity contribution in [1.82, 2.24) is 0 Å². The number of ether oxygens (including phenoxy) is 1. The van der Waals surface area contributed by atoms with E-state index in [2.05, 4.69) is 26.5 Å². The Kier molecular flexibility index (Phi) is 4.20. The highest BCUT2D eigenvalue weighted by atomic mass is 16.5. The summed E-state index contributed by atoms with van der Waals surface area (Å²) in [6, 6.07) is 0. The van der Waals surface area contributed by atoms with Crippen LogP contribution in [-0.4, -0.2) is 23.8 Å². The van der Waals surface area contributed by atoms with Crippen molar-refractivity contribution in [3.63, 3.8) is 0 Å². The van der Waals surface area contributed by atoms with Crippen molar-refractivity contribution >= 4 is 5.97 Å². The van der Waals surface area contributed by atoms with Crippen LogP contribution in [0.4, 0.5) is 0 Å². The Bertz CT molecular complexity index is 549. The molecule has 23 heavy (non-hydrogen) atoms. The molecule has 3 rings (SSSR count). The van der Waals surface area contributed by atoms with Crippen LogP contribution in [0.25, 0.3) is 0 Å². The van der Waals surface area contributed by atoms with Gasteiger partial charge in [-0.3, -0.25) is 4.79 Å². The summed E-state index contributed by atoms with van der Waals surface area (Å²) >= 11 is 0. The molecule has 2 saturated carbocycles. The molecule has 2 fully saturated rings. The predicted octanol–water partition coefficient (Wildman–Crippen LogP) is 4.59. The quantitative estimate of drug-likeness (QED) is 0.774. The monoisotopic (exact) mass is 318 g/mol. The molecule has 0 radical (unpaired) electrons. The Balaban J connectivity index is 1.91. The molecule has 0 spiro atoms. The molecule has 3 nitrogen and oxygen atoms in total. The van der Waals surface area contributed by atoms with Gasteiger partial charge >= 0.3 is 5.97 Å². The molecule has 1 aliphatic heterocycles. The van der Waals surface area contributed by atoms with Crippen LogP contribution in [0.2, 0.25) is 0 Å². The summed E-state index contributed by atoms with van der Waals surface area (Å²) in [4.78, 5) is 12.0. The van der Waals surface area contributed by atoms with Crippen molar-refractivity contribution in [3.8, 4) is 0 Å². The van der Waals surface area contributed by atoms with Gasteiger partial charge in [0.15, 0.2) is 0 Å². The lowest BCUT2D eigenvalue weighted by molar-refractivity contribution is -0.164. The Hall–Kier alpha value is -1.09. The van der Waals surface area contributed by atoms with E-state index in [-0.39, 0.29) is 17.4 Å². The molecule has 128 valence electrons. The van der Waals surface area contributed by atoms with Crippen LogP contribution in [0, 0.1) is 22.7 Å². The number of carboxylic acid groups (broad SMARTS) is 1. The van der Waals surface area contributed by atoms with Crippen LogP contribution in [-0.2, 0) is 9.53 Å². The van der Waals surface area contributed by atoms with Crippen LogP contribution in [0.5, 0.6) is 0 Å². The molecule has 0 aromatic heterocycles. The van der Waals surface area contributed by atoms with Gasteiger partial charge < -0.3 is 9.84 Å². The minimum Gasteiger partial charge on any atom is -0.481 e. The Labute approximate surface area is 139 Å². The van der Waals surface area contributed by atoms with Gasteiger partial charge in [-0.05, 0) is 68.8 Å². The molecule has 0 saturated heterocycles. The van der Waals surface area contributed by atoms with Gasteiger partial charge in [0.05, 0.1) is 18.1 Å². The van der Waals surface area contributed by atoms with E-state index in [1.165, 1.54) is 11.1 Å². The summed E-state index contributed by atoms with van der Waals surface area (Å²) in [7, 11) is 0. The molecule has 0 bridgehead atoms. The largest absolute Gasteiger partial charge is 0.481 e. The molecule has 2 aliphatic carbocycles. The van der Waals surface area contributed by atoms with E-state index in [4.69, 9.17) is 4.74 Å². The van der Waals surface area contributed by atoms with Gasteiger partial charge in [0, 0.05) is 0 Å². The van der Waals surface area contributed by atoms with Gasteiger partial charge in [-0.2, -0.15) is 0 Å². The fraction of sp³-hybridized carbons (Fsp3) is 0.750. The van der Waals surface area contributed by atoms with Crippen LogP contribution in [0.3, 0.4) is 0 Å². The minimum absolute atomic E-state index is 0.0347. The first-order valence-corrected chi connectivity index (χ1v) is 8.98. The smallest absolute Gasteiger partial charge is 0.309 e. The van der Waals surface area contributed by atoms with Crippen LogP contribution in [0.1, 0.15) is 59.3 Å². The summed E-state index contributed by atoms with van der Waals surface area (Å²) in [5.41, 5.74) is 2.07. The zero-order chi connectivity index (χ0) is 16.8. The zero-order valence-electron chi connectivity index (χ0n) is 14.7. The van der Waals surface area contributed by atoms with Crippen LogP contribution < -0.4 is 0 Å². The first-order chi connectivity index (χ1) is 10.8. The van der Waals surface area contributed by atoms with E-state index in [9.17, 15) is 9.90 Å². The van der Waals surface area contributed by atoms with Crippen molar-refractivity contribution < 1.29 is 14.6 Å². The number of aliphatic carboxylic acids is 1. The second kappa shape index (κ2) is 5.77. The van der Waals surface area contributed by atoms with Crippen LogP contribution in [0.15, 0.2) is 23.8 Å². The lowest BCUT2D eigenvalue weighted by Gasteiger charge is -2.57. The molecule has 0 amide bonds. The molecule has 1 N–H and O–H groups in total. The second-order valence-electron chi connectivity index (χ2n) is 8.39. The molecule has 3 heteroatoms. The molecule has 5 atom stereocenters. The van der Waals surface area contributed by atoms with E-state index in [1.807, 2.05) is 6.92 Å². The van der Waals surface area contributed by atoms with Crippen molar-refractivity contribution in [1.29, 1.82) is 0 Å². The molecule has 0 aromatic carbocycles. The average molecular weight is 318 g/mol. The lowest BCUT2D eigenvalue weighted by atomic mass is 9.46. The van der Waals surface area contributed by atoms with E-state index in [0.29, 0.717) is 12.5 Å². The first kappa shape index (κ1) is 16.8. The SMILES string of the molecule is C=C1CCC2[C@](C)(CCC[C@]2(C)C(=O)O)[C@H]1CC1OCC=C1C.